The number of nitrogens with zero attached hydrogens (tertiary/aromatic N) is 5. The van der Waals surface area contributed by atoms with Gasteiger partial charge in [0.05, 0.1) is 18.8 Å². The van der Waals surface area contributed by atoms with Crippen molar-refractivity contribution in [3.8, 4) is 11.3 Å². The summed E-state index contributed by atoms with van der Waals surface area (Å²) in [5.41, 5.74) is 4.61. The third-order valence-electron chi connectivity index (χ3n) is 5.24. The number of carbonyl (C=O) groups is 1. The minimum absolute atomic E-state index is 0.211. The van der Waals surface area contributed by atoms with Gasteiger partial charge in [-0.05, 0) is 23.8 Å². The zero-order valence-corrected chi connectivity index (χ0v) is 17.9. The van der Waals surface area contributed by atoms with Crippen molar-refractivity contribution in [1.82, 2.24) is 29.7 Å². The Labute approximate surface area is 191 Å². The summed E-state index contributed by atoms with van der Waals surface area (Å²) in [5.74, 6) is 0.463. The molecule has 0 unspecified atom stereocenters. The average molecular weight is 435 g/mol. The van der Waals surface area contributed by atoms with Crippen molar-refractivity contribution in [3.05, 3.63) is 114 Å². The molecule has 0 radical (unpaired) electrons. The van der Waals surface area contributed by atoms with Crippen LogP contribution >= 0.6 is 0 Å². The standard InChI is InChI=1S/C26H22N6O/c33-25(27-17-24-29-28-23-13-7-8-16-32(23)24)15-14-22-19-31(18-20-9-3-1-4-10-20)30-26(22)21-11-5-2-6-12-21/h1-16,19H,17-18H2,(H,27,33)/b15-14+. The van der Waals surface area contributed by atoms with Crippen LogP contribution in [0.1, 0.15) is 17.0 Å². The van der Waals surface area contributed by atoms with E-state index in [1.54, 1.807) is 6.08 Å². The zero-order valence-electron chi connectivity index (χ0n) is 17.9. The highest BCUT2D eigenvalue weighted by atomic mass is 16.1. The number of amides is 1. The molecule has 0 spiro atoms. The second kappa shape index (κ2) is 9.32. The van der Waals surface area contributed by atoms with E-state index in [-0.39, 0.29) is 12.5 Å². The fraction of sp³-hybridized carbons (Fsp3) is 0.0769. The third-order valence-corrected chi connectivity index (χ3v) is 5.24. The van der Waals surface area contributed by atoms with Crippen LogP contribution in [0.5, 0.6) is 0 Å². The van der Waals surface area contributed by atoms with E-state index in [0.29, 0.717) is 12.4 Å². The number of fused-ring (bicyclic) bond motifs is 1. The van der Waals surface area contributed by atoms with Gasteiger partial charge in [0.2, 0.25) is 5.91 Å². The van der Waals surface area contributed by atoms with Gasteiger partial charge >= 0.3 is 0 Å². The summed E-state index contributed by atoms with van der Waals surface area (Å²) in [6.07, 6.45) is 7.17. The first kappa shape index (κ1) is 20.4. The number of carbonyl (C=O) groups excluding carboxylic acids is 1. The number of hydrogen-bond acceptors (Lipinski definition) is 4. The molecule has 0 aliphatic rings. The van der Waals surface area contributed by atoms with E-state index in [1.165, 1.54) is 6.08 Å². The van der Waals surface area contributed by atoms with Gasteiger partial charge in [-0.15, -0.1) is 10.2 Å². The van der Waals surface area contributed by atoms with E-state index in [1.807, 2.05) is 88.2 Å². The monoisotopic (exact) mass is 434 g/mol. The van der Waals surface area contributed by atoms with Gasteiger partial charge < -0.3 is 5.32 Å². The second-order valence-corrected chi connectivity index (χ2v) is 7.58. The molecule has 7 nitrogen and oxygen atoms in total. The predicted octanol–water partition coefficient (Wildman–Crippen LogP) is 3.97. The third kappa shape index (κ3) is 4.72. The lowest BCUT2D eigenvalue weighted by Crippen LogP contribution is -2.21. The van der Waals surface area contributed by atoms with Crippen LogP contribution < -0.4 is 5.32 Å². The molecule has 0 aliphatic heterocycles. The van der Waals surface area contributed by atoms with Gasteiger partial charge in [-0.25, -0.2) is 0 Å². The lowest BCUT2D eigenvalue weighted by molar-refractivity contribution is -0.116. The van der Waals surface area contributed by atoms with E-state index in [9.17, 15) is 4.79 Å². The summed E-state index contributed by atoms with van der Waals surface area (Å²) in [6, 6.07) is 25.8. The molecule has 7 heteroatoms. The Kier molecular flexibility index (Phi) is 5.75. The van der Waals surface area contributed by atoms with Crippen molar-refractivity contribution in [2.75, 3.05) is 0 Å². The number of hydrogen-bond donors (Lipinski definition) is 1. The molecule has 162 valence electrons. The summed E-state index contributed by atoms with van der Waals surface area (Å²) in [6.45, 7) is 0.938. The number of nitrogens with one attached hydrogen (secondary N) is 1. The molecule has 1 amide bonds. The predicted molar refractivity (Wildman–Crippen MR) is 127 cm³/mol. The molecule has 1 N–H and O–H groups in total. The molecule has 0 bridgehead atoms. The number of benzene rings is 2. The van der Waals surface area contributed by atoms with Gasteiger partial charge in [0.15, 0.2) is 11.5 Å². The Hall–Kier alpha value is -4.52. The van der Waals surface area contributed by atoms with E-state index in [4.69, 9.17) is 5.10 Å². The minimum Gasteiger partial charge on any atom is -0.345 e. The lowest BCUT2D eigenvalue weighted by Gasteiger charge is -2.01. The first-order valence-corrected chi connectivity index (χ1v) is 10.7. The van der Waals surface area contributed by atoms with Crippen LogP contribution in [-0.4, -0.2) is 30.3 Å². The molecule has 33 heavy (non-hydrogen) atoms. The minimum atomic E-state index is -0.211. The molecule has 0 saturated carbocycles. The quantitative estimate of drug-likeness (QED) is 0.393. The van der Waals surface area contributed by atoms with Crippen LogP contribution in [0.2, 0.25) is 0 Å². The molecule has 0 aliphatic carbocycles. The van der Waals surface area contributed by atoms with Crippen LogP contribution in [-0.2, 0) is 17.9 Å². The molecular weight excluding hydrogens is 412 g/mol. The molecule has 0 fully saturated rings. The van der Waals surface area contributed by atoms with Crippen molar-refractivity contribution in [3.63, 3.8) is 0 Å². The Morgan fingerprint density at radius 3 is 2.48 bits per heavy atom. The van der Waals surface area contributed by atoms with Gasteiger partial charge in [0, 0.05) is 29.6 Å². The van der Waals surface area contributed by atoms with Crippen molar-refractivity contribution < 1.29 is 4.79 Å². The maximum atomic E-state index is 12.5. The Morgan fingerprint density at radius 1 is 0.909 bits per heavy atom. The summed E-state index contributed by atoms with van der Waals surface area (Å²) in [4.78, 5) is 12.5. The highest BCUT2D eigenvalue weighted by Gasteiger charge is 2.11. The average Bonchev–Trinajstić information content (AvgIpc) is 3.46. The molecule has 3 heterocycles. The highest BCUT2D eigenvalue weighted by molar-refractivity contribution is 5.92. The van der Waals surface area contributed by atoms with Crippen molar-refractivity contribution in [1.29, 1.82) is 0 Å². The second-order valence-electron chi connectivity index (χ2n) is 7.58. The Morgan fingerprint density at radius 2 is 1.67 bits per heavy atom. The van der Waals surface area contributed by atoms with Crippen LogP contribution in [0.15, 0.2) is 97.3 Å². The van der Waals surface area contributed by atoms with Gasteiger partial charge in [0.25, 0.3) is 0 Å². The summed E-state index contributed by atoms with van der Waals surface area (Å²) in [7, 11) is 0. The first-order valence-electron chi connectivity index (χ1n) is 10.7. The molecule has 5 aromatic rings. The first-order chi connectivity index (χ1) is 16.3. The highest BCUT2D eigenvalue weighted by Crippen LogP contribution is 2.23. The molecule has 2 aromatic carbocycles. The van der Waals surface area contributed by atoms with Crippen LogP contribution in [0.25, 0.3) is 23.0 Å². The Bertz CT molecular complexity index is 1400. The smallest absolute Gasteiger partial charge is 0.244 e. The zero-order chi connectivity index (χ0) is 22.5. The van der Waals surface area contributed by atoms with E-state index in [2.05, 4.69) is 27.6 Å². The SMILES string of the molecule is O=C(/C=C/c1cn(Cc2ccccc2)nc1-c1ccccc1)NCc1nnc2ccccn12. The number of aromatic nitrogens is 5. The van der Waals surface area contributed by atoms with E-state index >= 15 is 0 Å². The summed E-state index contributed by atoms with van der Waals surface area (Å²) < 4.78 is 3.75. The van der Waals surface area contributed by atoms with Gasteiger partial charge in [-0.1, -0.05) is 66.7 Å². The Balaban J connectivity index is 1.34. The molecule has 3 aromatic heterocycles. The van der Waals surface area contributed by atoms with Crippen molar-refractivity contribution in [2.24, 2.45) is 0 Å². The van der Waals surface area contributed by atoms with Gasteiger partial charge in [0.1, 0.15) is 0 Å². The maximum Gasteiger partial charge on any atom is 0.244 e. The molecule has 0 saturated heterocycles. The normalized spacial score (nSPS) is 11.3. The number of rotatable bonds is 7. The molecular formula is C26H22N6O. The topological polar surface area (TPSA) is 77.1 Å². The van der Waals surface area contributed by atoms with Crippen molar-refractivity contribution in [2.45, 2.75) is 13.1 Å². The lowest BCUT2D eigenvalue weighted by atomic mass is 10.1. The largest absolute Gasteiger partial charge is 0.345 e. The van der Waals surface area contributed by atoms with Crippen LogP contribution in [0.3, 0.4) is 0 Å². The van der Waals surface area contributed by atoms with E-state index in [0.717, 1.165) is 28.0 Å². The van der Waals surface area contributed by atoms with Gasteiger partial charge in [-0.3, -0.25) is 13.9 Å². The van der Waals surface area contributed by atoms with Gasteiger partial charge in [-0.2, -0.15) is 5.10 Å². The van der Waals surface area contributed by atoms with Crippen molar-refractivity contribution >= 4 is 17.6 Å². The fourth-order valence-electron chi connectivity index (χ4n) is 3.63. The fourth-order valence-corrected chi connectivity index (χ4v) is 3.63. The van der Waals surface area contributed by atoms with E-state index < -0.39 is 0 Å². The van der Waals surface area contributed by atoms with Crippen LogP contribution in [0.4, 0.5) is 0 Å². The van der Waals surface area contributed by atoms with Crippen LogP contribution in [0, 0.1) is 0 Å². The molecule has 0 atom stereocenters. The number of pyridine rings is 1. The maximum absolute atomic E-state index is 12.5. The molecule has 5 rings (SSSR count). The summed E-state index contributed by atoms with van der Waals surface area (Å²) >= 11 is 0. The summed E-state index contributed by atoms with van der Waals surface area (Å²) in [5, 5.41) is 15.9.